The van der Waals surface area contributed by atoms with Crippen molar-refractivity contribution in [2.24, 2.45) is 0 Å². The van der Waals surface area contributed by atoms with E-state index in [9.17, 15) is 34.5 Å². The minimum Gasteiger partial charge on any atom is -0.418 e. The van der Waals surface area contributed by atoms with Gasteiger partial charge in [0.1, 0.15) is 0 Å². The van der Waals surface area contributed by atoms with E-state index in [2.05, 4.69) is 80.1 Å². The molecule has 0 spiro atoms. The van der Waals surface area contributed by atoms with E-state index >= 15 is 0 Å². The third kappa shape index (κ3) is 8.43. The molecule has 0 radical (unpaired) electrons. The second-order valence-electron chi connectivity index (χ2n) is 7.83. The van der Waals surface area contributed by atoms with Crippen molar-refractivity contribution in [2.75, 3.05) is 11.4 Å². The summed E-state index contributed by atoms with van der Waals surface area (Å²) < 4.78 is 84.5. The second-order valence-corrected chi connectivity index (χ2v) is 12.0. The van der Waals surface area contributed by atoms with Gasteiger partial charge >= 0.3 is 22.8 Å². The molecule has 0 aliphatic carbocycles. The maximum absolute atomic E-state index is 9.75. The number of nitrogens with zero attached hydrogens (tertiary/aromatic N) is 5. The summed E-state index contributed by atoms with van der Waals surface area (Å²) in [5.41, 5.74) is 4.60. The van der Waals surface area contributed by atoms with Gasteiger partial charge in [-0.05, 0) is 62.9 Å². The molecular weight excluding hydrogens is 636 g/mol. The molecule has 0 aliphatic heterocycles. The molecule has 0 bridgehead atoms. The largest absolute Gasteiger partial charge is 0.673 e. The van der Waals surface area contributed by atoms with Crippen LogP contribution in [0.4, 0.5) is 44.8 Å². The molecule has 0 N–H and O–H groups in total. The summed E-state index contributed by atoms with van der Waals surface area (Å²) in [6, 6.07) is 20.8. The highest BCUT2D eigenvalue weighted by molar-refractivity contribution is 7.37. The van der Waals surface area contributed by atoms with E-state index in [1.54, 1.807) is 45.3 Å². The van der Waals surface area contributed by atoms with Crippen LogP contribution in [0.15, 0.2) is 71.4 Å². The van der Waals surface area contributed by atoms with Gasteiger partial charge in [0.25, 0.3) is 21.7 Å². The summed E-state index contributed by atoms with van der Waals surface area (Å²) >= 11 is 6.88. The Bertz CT molecular complexity index is 1570. The molecule has 19 heteroatoms. The number of hydrogen-bond acceptors (Lipinski definition) is 7. The first-order valence-corrected chi connectivity index (χ1v) is 14.9. The Kier molecular flexibility index (Phi) is 9.61. The van der Waals surface area contributed by atoms with Crippen LogP contribution in [0.1, 0.15) is 6.92 Å². The maximum Gasteiger partial charge on any atom is 0.673 e. The molecule has 5 nitrogen and oxygen atoms in total. The van der Waals surface area contributed by atoms with Crippen molar-refractivity contribution >= 4 is 78.4 Å². The highest BCUT2D eigenvalue weighted by Crippen LogP contribution is 2.35. The Morgan fingerprint density at radius 3 is 1.29 bits per heavy atom. The zero-order chi connectivity index (χ0) is 29.8. The van der Waals surface area contributed by atoms with E-state index in [1.807, 2.05) is 12.1 Å². The molecular formula is C22H17B2F8N5S4. The van der Waals surface area contributed by atoms with Crippen LogP contribution in [0.3, 0.4) is 0 Å². The van der Waals surface area contributed by atoms with Crippen LogP contribution < -0.4 is 13.9 Å². The number of halogens is 8. The molecule has 4 heterocycles. The predicted molar refractivity (Wildman–Crippen MR) is 150 cm³/mol. The van der Waals surface area contributed by atoms with Crippen LogP contribution in [0.2, 0.25) is 0 Å². The predicted octanol–water partition coefficient (Wildman–Crippen LogP) is 8.29. The molecule has 0 unspecified atom stereocenters. The lowest BCUT2D eigenvalue weighted by atomic mass is 10.2. The molecule has 0 aliphatic rings. The smallest absolute Gasteiger partial charge is 0.418 e. The third-order valence-electron chi connectivity index (χ3n) is 4.99. The Labute approximate surface area is 243 Å². The van der Waals surface area contributed by atoms with Crippen molar-refractivity contribution in [1.82, 2.24) is 10.2 Å². The van der Waals surface area contributed by atoms with Gasteiger partial charge in [-0.15, -0.1) is 0 Å². The van der Waals surface area contributed by atoms with E-state index in [0.717, 1.165) is 28.2 Å². The van der Waals surface area contributed by atoms with Gasteiger partial charge in [-0.2, -0.15) is 0 Å². The van der Waals surface area contributed by atoms with Gasteiger partial charge in [-0.25, -0.2) is 0 Å². The van der Waals surface area contributed by atoms with Gasteiger partial charge < -0.3 is 34.5 Å². The first-order valence-electron chi connectivity index (χ1n) is 11.6. The van der Waals surface area contributed by atoms with Gasteiger partial charge in [-0.3, -0.25) is 4.90 Å². The molecule has 0 amide bonds. The molecule has 0 atom stereocenters. The molecule has 2 aromatic carbocycles. The van der Waals surface area contributed by atoms with Crippen molar-refractivity contribution in [3.63, 3.8) is 0 Å². The zero-order valence-electron chi connectivity index (χ0n) is 20.7. The summed E-state index contributed by atoms with van der Waals surface area (Å²) in [5, 5.41) is 16.2. The summed E-state index contributed by atoms with van der Waals surface area (Å²) in [6.07, 6.45) is 0. The lowest BCUT2D eigenvalue weighted by Crippen LogP contribution is -2.27. The van der Waals surface area contributed by atoms with Crippen LogP contribution in [-0.4, -0.2) is 31.3 Å². The fraction of sp³-hybridized carbons (Fsp3) is 0.0909. The Balaban J connectivity index is 0.000000336. The van der Waals surface area contributed by atoms with Crippen molar-refractivity contribution in [3.8, 4) is 22.5 Å². The van der Waals surface area contributed by atoms with Crippen LogP contribution in [0, 0.1) is 0 Å². The SMILES string of the molecule is CCN(c1n[n+]2c(-c3ccccc3)csc2s1)c1n[n+]2c(-c3ccccc3)csc2s1.F[B-](F)(F)F.F[B-](F)(F)F. The Morgan fingerprint density at radius 2 is 0.976 bits per heavy atom. The van der Waals surface area contributed by atoms with Crippen molar-refractivity contribution < 1.29 is 43.6 Å². The lowest BCUT2D eigenvalue weighted by Gasteiger charge is -2.10. The van der Waals surface area contributed by atoms with Crippen LogP contribution in [0.25, 0.3) is 30.8 Å². The normalized spacial score (nSPS) is 11.6. The fourth-order valence-electron chi connectivity index (χ4n) is 3.47. The maximum atomic E-state index is 9.75. The van der Waals surface area contributed by atoms with Gasteiger partial charge in [0, 0.05) is 16.7 Å². The monoisotopic (exact) mass is 653 g/mol. The molecule has 4 aromatic heterocycles. The first-order chi connectivity index (χ1) is 19.3. The topological polar surface area (TPSA) is 37.2 Å². The van der Waals surface area contributed by atoms with E-state index < -0.39 is 14.5 Å². The minimum atomic E-state index is -6.00. The summed E-state index contributed by atoms with van der Waals surface area (Å²) in [7, 11) is -12.0. The molecule has 0 saturated carbocycles. The molecule has 41 heavy (non-hydrogen) atoms. The van der Waals surface area contributed by atoms with Gasteiger partial charge in [-0.1, -0.05) is 59.1 Å². The number of thiazole rings is 2. The second kappa shape index (κ2) is 12.8. The van der Waals surface area contributed by atoms with E-state index in [-0.39, 0.29) is 0 Å². The third-order valence-corrected chi connectivity index (χ3v) is 9.16. The number of hydrogen-bond donors (Lipinski definition) is 0. The Morgan fingerprint density at radius 1 is 0.634 bits per heavy atom. The van der Waals surface area contributed by atoms with E-state index in [1.165, 1.54) is 19.4 Å². The number of benzene rings is 2. The number of aromatic nitrogens is 4. The number of fused-ring (bicyclic) bond motifs is 2. The summed E-state index contributed by atoms with van der Waals surface area (Å²) in [5.74, 6) is 0. The quantitative estimate of drug-likeness (QED) is 0.107. The van der Waals surface area contributed by atoms with Gasteiger partial charge in [0.05, 0.1) is 21.9 Å². The van der Waals surface area contributed by atoms with Crippen LogP contribution >= 0.6 is 45.3 Å². The number of anilines is 2. The Hall–Kier alpha value is -3.15. The highest BCUT2D eigenvalue weighted by Gasteiger charge is 2.30. The van der Waals surface area contributed by atoms with Crippen molar-refractivity contribution in [2.45, 2.75) is 6.92 Å². The van der Waals surface area contributed by atoms with Gasteiger partial charge in [0.2, 0.25) is 0 Å². The first kappa shape index (κ1) is 30.8. The average molecular weight is 653 g/mol. The summed E-state index contributed by atoms with van der Waals surface area (Å²) in [4.78, 5) is 2.21. The van der Waals surface area contributed by atoms with E-state index in [4.69, 9.17) is 10.2 Å². The van der Waals surface area contributed by atoms with E-state index in [0.29, 0.717) is 0 Å². The van der Waals surface area contributed by atoms with Gasteiger partial charge in [0.15, 0.2) is 0 Å². The van der Waals surface area contributed by atoms with Crippen molar-refractivity contribution in [1.29, 1.82) is 0 Å². The minimum absolute atomic E-state index is 0.810. The average Bonchev–Trinajstić information content (AvgIpc) is 3.65. The van der Waals surface area contributed by atoms with Crippen LogP contribution in [0.5, 0.6) is 0 Å². The molecule has 6 rings (SSSR count). The highest BCUT2D eigenvalue weighted by atomic mass is 32.2. The summed E-state index contributed by atoms with van der Waals surface area (Å²) in [6.45, 7) is 2.96. The van der Waals surface area contributed by atoms with Crippen LogP contribution in [-0.2, 0) is 0 Å². The molecule has 6 aromatic rings. The van der Waals surface area contributed by atoms with Crippen molar-refractivity contribution in [3.05, 3.63) is 71.4 Å². The molecule has 0 saturated heterocycles. The fourth-order valence-corrected chi connectivity index (χ4v) is 7.68. The molecule has 216 valence electrons. The number of rotatable bonds is 5. The standard InChI is InChI=1S/C22H17N5S4.2BF4/c1-2-25(19-23-26-17(13-28-21(26)30-19)15-9-5-3-6-10-15)20-24-27-18(14-29-22(27)31-20)16-11-7-4-8-12-16;2*2-1(3,4)5/h3-14H,2H2,1H3;;/q+2;2*-1. The molecule has 0 fully saturated rings. The lowest BCUT2D eigenvalue weighted by molar-refractivity contribution is -0.559. The zero-order valence-corrected chi connectivity index (χ0v) is 23.9.